The molecule has 0 unspecified atom stereocenters. The summed E-state index contributed by atoms with van der Waals surface area (Å²) in [5, 5.41) is 0. The topological polar surface area (TPSA) is 76.1 Å². The van der Waals surface area contributed by atoms with Crippen molar-refractivity contribution in [2.24, 2.45) is 0 Å². The van der Waals surface area contributed by atoms with E-state index in [0.29, 0.717) is 5.56 Å². The number of hydrogen-bond donors (Lipinski definition) is 1. The number of ketones is 1. The average molecular weight is 304 g/mol. The van der Waals surface area contributed by atoms with Gasteiger partial charge in [0.1, 0.15) is 0 Å². The average Bonchev–Trinajstić information content (AvgIpc) is 2.48. The number of nitrogens with one attached hydrogen (secondary N) is 1. The second-order valence-corrected chi connectivity index (χ2v) is 6.43. The van der Waals surface area contributed by atoms with Gasteiger partial charge in [-0.3, -0.25) is 9.78 Å². The molecule has 5 nitrogen and oxygen atoms in total. The molecule has 2 aromatic rings. The van der Waals surface area contributed by atoms with Crippen molar-refractivity contribution in [3.05, 3.63) is 59.9 Å². The first kappa shape index (κ1) is 15.3. The van der Waals surface area contributed by atoms with Gasteiger partial charge in [0.05, 0.1) is 4.90 Å². The minimum absolute atomic E-state index is 0.0749. The largest absolute Gasteiger partial charge is 0.295 e. The predicted octanol–water partition coefficient (Wildman–Crippen LogP) is 2.32. The van der Waals surface area contributed by atoms with Crippen molar-refractivity contribution in [3.8, 4) is 0 Å². The summed E-state index contributed by atoms with van der Waals surface area (Å²) >= 11 is 0. The van der Waals surface area contributed by atoms with Gasteiger partial charge >= 0.3 is 0 Å². The van der Waals surface area contributed by atoms with Gasteiger partial charge in [-0.05, 0) is 37.6 Å². The van der Waals surface area contributed by atoms with Crippen LogP contribution >= 0.6 is 0 Å². The maximum Gasteiger partial charge on any atom is 0.241 e. The highest BCUT2D eigenvalue weighted by atomic mass is 32.2. The van der Waals surface area contributed by atoms with E-state index in [2.05, 4.69) is 9.71 Å². The first-order valence-corrected chi connectivity index (χ1v) is 7.92. The van der Waals surface area contributed by atoms with E-state index in [9.17, 15) is 13.2 Å². The summed E-state index contributed by atoms with van der Waals surface area (Å²) in [5.74, 6) is -0.174. The predicted molar refractivity (Wildman–Crippen MR) is 79.4 cm³/mol. The van der Waals surface area contributed by atoms with Crippen molar-refractivity contribution in [3.63, 3.8) is 0 Å². The Morgan fingerprint density at radius 2 is 2.00 bits per heavy atom. The number of rotatable bonds is 5. The van der Waals surface area contributed by atoms with Crippen LogP contribution in [0, 0.1) is 0 Å². The SMILES string of the molecule is CC(=O)c1cccc(S(=O)(=O)N[C@@H](C)c2cccnc2)c1. The highest BCUT2D eigenvalue weighted by Gasteiger charge is 2.19. The zero-order valence-corrected chi connectivity index (χ0v) is 12.6. The normalized spacial score (nSPS) is 12.9. The Labute approximate surface area is 124 Å². The summed E-state index contributed by atoms with van der Waals surface area (Å²) in [6.07, 6.45) is 3.24. The lowest BCUT2D eigenvalue weighted by molar-refractivity contribution is 0.101. The second kappa shape index (κ2) is 6.15. The van der Waals surface area contributed by atoms with E-state index in [1.54, 1.807) is 43.6 Å². The number of hydrogen-bond acceptors (Lipinski definition) is 4. The van der Waals surface area contributed by atoms with Crippen LogP contribution in [0.3, 0.4) is 0 Å². The number of carbonyl (C=O) groups excluding carboxylic acids is 1. The smallest absolute Gasteiger partial charge is 0.241 e. The molecule has 21 heavy (non-hydrogen) atoms. The van der Waals surface area contributed by atoms with Crippen LogP contribution in [0.25, 0.3) is 0 Å². The highest BCUT2D eigenvalue weighted by Crippen LogP contribution is 2.17. The Hall–Kier alpha value is -2.05. The monoisotopic (exact) mass is 304 g/mol. The minimum atomic E-state index is -3.69. The van der Waals surface area contributed by atoms with Crippen molar-refractivity contribution < 1.29 is 13.2 Å². The number of sulfonamides is 1. The Balaban J connectivity index is 2.26. The van der Waals surface area contributed by atoms with Crippen molar-refractivity contribution >= 4 is 15.8 Å². The van der Waals surface area contributed by atoms with Crippen LogP contribution in [0.1, 0.15) is 35.8 Å². The molecule has 0 aliphatic carbocycles. The van der Waals surface area contributed by atoms with Gasteiger partial charge in [-0.25, -0.2) is 13.1 Å². The van der Waals surface area contributed by atoms with Gasteiger partial charge in [0.15, 0.2) is 5.78 Å². The van der Waals surface area contributed by atoms with E-state index in [4.69, 9.17) is 0 Å². The van der Waals surface area contributed by atoms with Gasteiger partial charge in [0, 0.05) is 24.0 Å². The molecule has 0 spiro atoms. The standard InChI is InChI=1S/C15H16N2O3S/c1-11(14-6-4-8-16-10-14)17-21(19,20)15-7-3-5-13(9-15)12(2)18/h3-11,17H,1-2H3/t11-/m0/s1. The number of aromatic nitrogens is 1. The molecule has 0 aliphatic heterocycles. The first-order chi connectivity index (χ1) is 9.90. The number of Topliss-reactive ketones (excluding diaryl/α,β-unsaturated/α-hetero) is 1. The number of carbonyl (C=O) groups is 1. The Morgan fingerprint density at radius 1 is 1.24 bits per heavy atom. The fourth-order valence-corrected chi connectivity index (χ4v) is 3.16. The first-order valence-electron chi connectivity index (χ1n) is 6.43. The third-order valence-electron chi connectivity index (χ3n) is 3.07. The molecule has 0 saturated carbocycles. The molecule has 6 heteroatoms. The third-order valence-corrected chi connectivity index (χ3v) is 4.61. The quantitative estimate of drug-likeness (QED) is 0.860. The van der Waals surface area contributed by atoms with E-state index in [0.717, 1.165) is 5.56 Å². The summed E-state index contributed by atoms with van der Waals surface area (Å²) in [6.45, 7) is 3.14. The Morgan fingerprint density at radius 3 is 2.62 bits per heavy atom. The number of nitrogens with zero attached hydrogens (tertiary/aromatic N) is 1. The van der Waals surface area contributed by atoms with Crippen molar-refractivity contribution in [2.45, 2.75) is 24.8 Å². The van der Waals surface area contributed by atoms with Crippen LogP contribution in [0.4, 0.5) is 0 Å². The van der Waals surface area contributed by atoms with Gasteiger partial charge in [0.2, 0.25) is 10.0 Å². The van der Waals surface area contributed by atoms with Crippen LogP contribution < -0.4 is 4.72 Å². The molecule has 0 fully saturated rings. The van der Waals surface area contributed by atoms with Crippen molar-refractivity contribution in [1.82, 2.24) is 9.71 Å². The lowest BCUT2D eigenvalue weighted by atomic mass is 10.2. The van der Waals surface area contributed by atoms with E-state index >= 15 is 0 Å². The lowest BCUT2D eigenvalue weighted by Gasteiger charge is -2.14. The van der Waals surface area contributed by atoms with Crippen molar-refractivity contribution in [1.29, 1.82) is 0 Å². The molecule has 0 amide bonds. The summed E-state index contributed by atoms with van der Waals surface area (Å²) in [7, 11) is -3.69. The van der Waals surface area contributed by atoms with E-state index in [1.165, 1.54) is 19.1 Å². The summed E-state index contributed by atoms with van der Waals surface area (Å²) in [5.41, 5.74) is 1.13. The molecule has 2 rings (SSSR count). The van der Waals surface area contributed by atoms with E-state index in [1.807, 2.05) is 0 Å². The Kier molecular flexibility index (Phi) is 4.50. The molecule has 0 bridgehead atoms. The lowest BCUT2D eigenvalue weighted by Crippen LogP contribution is -2.27. The molecule has 1 heterocycles. The van der Waals surface area contributed by atoms with E-state index in [-0.39, 0.29) is 10.7 Å². The highest BCUT2D eigenvalue weighted by molar-refractivity contribution is 7.89. The van der Waals surface area contributed by atoms with Crippen molar-refractivity contribution in [2.75, 3.05) is 0 Å². The molecule has 0 radical (unpaired) electrons. The maximum absolute atomic E-state index is 12.3. The Bertz CT molecular complexity index is 743. The summed E-state index contributed by atoms with van der Waals surface area (Å²) in [4.78, 5) is 15.4. The molecule has 1 atom stereocenters. The van der Waals surface area contributed by atoms with E-state index < -0.39 is 16.1 Å². The van der Waals surface area contributed by atoms with Crippen LogP contribution in [0.2, 0.25) is 0 Å². The minimum Gasteiger partial charge on any atom is -0.295 e. The second-order valence-electron chi connectivity index (χ2n) is 4.71. The molecule has 1 aromatic heterocycles. The van der Waals surface area contributed by atoms with Gasteiger partial charge in [0.25, 0.3) is 0 Å². The summed E-state index contributed by atoms with van der Waals surface area (Å²) < 4.78 is 27.3. The fourth-order valence-electron chi connectivity index (χ4n) is 1.88. The third kappa shape index (κ3) is 3.74. The molecular formula is C15H16N2O3S. The zero-order valence-electron chi connectivity index (χ0n) is 11.8. The van der Waals surface area contributed by atoms with Crippen LogP contribution in [0.15, 0.2) is 53.7 Å². The molecule has 1 N–H and O–H groups in total. The molecule has 0 aliphatic rings. The van der Waals surface area contributed by atoms with Gasteiger partial charge < -0.3 is 0 Å². The number of benzene rings is 1. The van der Waals surface area contributed by atoms with Gasteiger partial charge in [-0.2, -0.15) is 0 Å². The number of pyridine rings is 1. The molecule has 1 aromatic carbocycles. The van der Waals surface area contributed by atoms with Gasteiger partial charge in [-0.1, -0.05) is 18.2 Å². The summed E-state index contributed by atoms with van der Waals surface area (Å²) in [6, 6.07) is 9.12. The molecular weight excluding hydrogens is 288 g/mol. The fraction of sp³-hybridized carbons (Fsp3) is 0.200. The van der Waals surface area contributed by atoms with Crippen LogP contribution in [-0.4, -0.2) is 19.2 Å². The van der Waals surface area contributed by atoms with Crippen LogP contribution in [-0.2, 0) is 10.0 Å². The molecule has 0 saturated heterocycles. The van der Waals surface area contributed by atoms with Crippen LogP contribution in [0.5, 0.6) is 0 Å². The maximum atomic E-state index is 12.3. The molecule has 110 valence electrons. The van der Waals surface area contributed by atoms with Gasteiger partial charge in [-0.15, -0.1) is 0 Å². The zero-order chi connectivity index (χ0) is 15.5.